The van der Waals surface area contributed by atoms with Crippen LogP contribution in [0.15, 0.2) is 42.5 Å². The monoisotopic (exact) mass is 436 g/mol. The summed E-state index contributed by atoms with van der Waals surface area (Å²) in [5, 5.41) is 11.7. The van der Waals surface area contributed by atoms with E-state index < -0.39 is 35.2 Å². The van der Waals surface area contributed by atoms with Crippen molar-refractivity contribution in [2.24, 2.45) is 0 Å². The lowest BCUT2D eigenvalue weighted by molar-refractivity contribution is -0.137. The van der Waals surface area contributed by atoms with E-state index in [4.69, 9.17) is 10.00 Å². The van der Waals surface area contributed by atoms with Crippen LogP contribution in [0.4, 0.5) is 33.7 Å². The molecule has 6 nitrogen and oxygen atoms in total. The molecule has 2 aromatic rings. The van der Waals surface area contributed by atoms with E-state index in [2.05, 4.69) is 5.32 Å². The number of urea groups is 1. The first kappa shape index (κ1) is 22.4. The number of benzene rings is 2. The number of alkyl halides is 3. The summed E-state index contributed by atoms with van der Waals surface area (Å²) in [5.74, 6) is -0.426. The number of rotatable bonds is 4. The second kappa shape index (κ2) is 9.22. The van der Waals surface area contributed by atoms with Crippen molar-refractivity contribution in [2.75, 3.05) is 43.6 Å². The second-order valence-corrected chi connectivity index (χ2v) is 7.03. The van der Waals surface area contributed by atoms with Crippen LogP contribution in [0.2, 0.25) is 0 Å². The molecule has 0 bridgehead atoms. The number of hydrogen-bond acceptors (Lipinski definition) is 4. The summed E-state index contributed by atoms with van der Waals surface area (Å²) < 4.78 is 58.2. The molecule has 10 heteroatoms. The van der Waals surface area contributed by atoms with Gasteiger partial charge in [-0.15, -0.1) is 0 Å². The summed E-state index contributed by atoms with van der Waals surface area (Å²) in [4.78, 5) is 16.0. The zero-order chi connectivity index (χ0) is 22.6. The third kappa shape index (κ3) is 5.24. The molecule has 3 rings (SSSR count). The van der Waals surface area contributed by atoms with Gasteiger partial charge < -0.3 is 19.9 Å². The van der Waals surface area contributed by atoms with Crippen LogP contribution in [0.5, 0.6) is 0 Å². The number of nitrogens with one attached hydrogen (secondary N) is 1. The Bertz CT molecular complexity index is 973. The maximum atomic E-state index is 13.3. The number of ether oxygens (including phenoxy) is 1. The molecule has 1 aliphatic rings. The third-order valence-corrected chi connectivity index (χ3v) is 4.99. The van der Waals surface area contributed by atoms with Crippen molar-refractivity contribution >= 4 is 17.4 Å². The standard InChI is InChI=1S/C21H20F4N4O2/c1-31-13-18-12-28(17-7-2-14(11-26)19(10-17)21(23,24)25)8-9-29(18)20(30)27-16-5-3-15(22)4-6-16/h2-7,10,18H,8-9,12-13H2,1H3,(H,27,30). The van der Waals surface area contributed by atoms with Gasteiger partial charge in [-0.3, -0.25) is 0 Å². The van der Waals surface area contributed by atoms with E-state index in [9.17, 15) is 22.4 Å². The normalized spacial score (nSPS) is 16.7. The number of hydrogen-bond donors (Lipinski definition) is 1. The number of methoxy groups -OCH3 is 1. The highest BCUT2D eigenvalue weighted by atomic mass is 19.4. The number of carbonyl (C=O) groups is 1. The predicted molar refractivity (Wildman–Crippen MR) is 106 cm³/mol. The highest BCUT2D eigenvalue weighted by Crippen LogP contribution is 2.35. The van der Waals surface area contributed by atoms with E-state index in [1.165, 1.54) is 42.3 Å². The van der Waals surface area contributed by atoms with Crippen LogP contribution in [-0.4, -0.2) is 50.3 Å². The first-order chi connectivity index (χ1) is 14.7. The fraction of sp³-hybridized carbons (Fsp3) is 0.333. The quantitative estimate of drug-likeness (QED) is 0.734. The molecule has 0 aromatic heterocycles. The average molecular weight is 436 g/mol. The molecule has 0 saturated carbocycles. The van der Waals surface area contributed by atoms with E-state index in [1.807, 2.05) is 0 Å². The van der Waals surface area contributed by atoms with Crippen LogP contribution in [-0.2, 0) is 10.9 Å². The fourth-order valence-electron chi connectivity index (χ4n) is 3.48. The molecule has 1 saturated heterocycles. The average Bonchev–Trinajstić information content (AvgIpc) is 2.74. The van der Waals surface area contributed by atoms with Gasteiger partial charge in [0.25, 0.3) is 0 Å². The van der Waals surface area contributed by atoms with Crippen LogP contribution in [0.1, 0.15) is 11.1 Å². The van der Waals surface area contributed by atoms with Gasteiger partial charge in [-0.1, -0.05) is 0 Å². The maximum Gasteiger partial charge on any atom is 0.417 e. The third-order valence-electron chi connectivity index (χ3n) is 4.99. The molecule has 1 heterocycles. The lowest BCUT2D eigenvalue weighted by atomic mass is 10.1. The largest absolute Gasteiger partial charge is 0.417 e. The van der Waals surface area contributed by atoms with Gasteiger partial charge in [-0.05, 0) is 42.5 Å². The molecular formula is C21H20F4N4O2. The Morgan fingerprint density at radius 1 is 1.23 bits per heavy atom. The van der Waals surface area contributed by atoms with E-state index >= 15 is 0 Å². The summed E-state index contributed by atoms with van der Waals surface area (Å²) in [5.41, 5.74) is -0.702. The molecule has 1 aliphatic heterocycles. The predicted octanol–water partition coefficient (Wildman–Crippen LogP) is 4.09. The van der Waals surface area contributed by atoms with E-state index in [0.717, 1.165) is 12.1 Å². The van der Waals surface area contributed by atoms with Crippen molar-refractivity contribution in [2.45, 2.75) is 12.2 Å². The number of nitrogens with zero attached hydrogens (tertiary/aromatic N) is 3. The fourth-order valence-corrected chi connectivity index (χ4v) is 3.48. The minimum absolute atomic E-state index is 0.176. The zero-order valence-electron chi connectivity index (χ0n) is 16.6. The minimum Gasteiger partial charge on any atom is -0.382 e. The lowest BCUT2D eigenvalue weighted by Gasteiger charge is -2.42. The Labute approximate surface area is 176 Å². The Balaban J connectivity index is 1.77. The number of amides is 2. The minimum atomic E-state index is -4.65. The summed E-state index contributed by atoms with van der Waals surface area (Å²) in [6.07, 6.45) is -4.65. The Hall–Kier alpha value is -3.32. The SMILES string of the molecule is COCC1CN(c2ccc(C#N)c(C(F)(F)F)c2)CCN1C(=O)Nc1ccc(F)cc1. The molecule has 164 valence electrons. The molecule has 2 amide bonds. The molecule has 31 heavy (non-hydrogen) atoms. The Morgan fingerprint density at radius 2 is 1.94 bits per heavy atom. The number of anilines is 2. The van der Waals surface area contributed by atoms with Crippen LogP contribution in [0.25, 0.3) is 0 Å². The highest BCUT2D eigenvalue weighted by molar-refractivity contribution is 5.89. The van der Waals surface area contributed by atoms with Gasteiger partial charge in [0.05, 0.1) is 29.8 Å². The van der Waals surface area contributed by atoms with Gasteiger partial charge in [0.2, 0.25) is 0 Å². The van der Waals surface area contributed by atoms with Gasteiger partial charge in [-0.25, -0.2) is 9.18 Å². The second-order valence-electron chi connectivity index (χ2n) is 7.03. The van der Waals surface area contributed by atoms with E-state index in [0.29, 0.717) is 17.9 Å². The van der Waals surface area contributed by atoms with Crippen LogP contribution >= 0.6 is 0 Å². The number of halogens is 4. The Morgan fingerprint density at radius 3 is 2.55 bits per heavy atom. The van der Waals surface area contributed by atoms with Crippen molar-refractivity contribution in [3.63, 3.8) is 0 Å². The van der Waals surface area contributed by atoms with Gasteiger partial charge in [0.1, 0.15) is 5.82 Å². The molecule has 1 atom stereocenters. The summed E-state index contributed by atoms with van der Waals surface area (Å²) in [6.45, 7) is 0.951. The summed E-state index contributed by atoms with van der Waals surface area (Å²) in [7, 11) is 1.47. The van der Waals surface area contributed by atoms with Gasteiger partial charge in [0.15, 0.2) is 0 Å². The zero-order valence-corrected chi connectivity index (χ0v) is 16.6. The molecular weight excluding hydrogens is 416 g/mol. The molecule has 2 aromatic carbocycles. The molecule has 1 unspecified atom stereocenters. The smallest absolute Gasteiger partial charge is 0.382 e. The maximum absolute atomic E-state index is 13.3. The molecule has 0 radical (unpaired) electrons. The summed E-state index contributed by atoms with van der Waals surface area (Å²) in [6, 6.07) is 9.62. The first-order valence-electron chi connectivity index (χ1n) is 9.41. The van der Waals surface area contributed by atoms with Crippen LogP contribution in [0, 0.1) is 17.1 Å². The summed E-state index contributed by atoms with van der Waals surface area (Å²) >= 11 is 0. The van der Waals surface area contributed by atoms with Gasteiger partial charge >= 0.3 is 12.2 Å². The Kier molecular flexibility index (Phi) is 6.65. The van der Waals surface area contributed by atoms with Crippen molar-refractivity contribution in [1.82, 2.24) is 4.90 Å². The van der Waals surface area contributed by atoms with Crippen molar-refractivity contribution in [1.29, 1.82) is 5.26 Å². The topological polar surface area (TPSA) is 68.6 Å². The lowest BCUT2D eigenvalue weighted by Crippen LogP contribution is -2.58. The molecule has 1 fully saturated rings. The molecule has 0 aliphatic carbocycles. The molecule has 0 spiro atoms. The number of nitriles is 1. The van der Waals surface area contributed by atoms with Crippen LogP contribution < -0.4 is 10.2 Å². The van der Waals surface area contributed by atoms with Crippen molar-refractivity contribution < 1.29 is 27.1 Å². The number of piperazine rings is 1. The molecule has 1 N–H and O–H groups in total. The van der Waals surface area contributed by atoms with Crippen molar-refractivity contribution in [3.8, 4) is 6.07 Å². The van der Waals surface area contributed by atoms with Gasteiger partial charge in [-0.2, -0.15) is 18.4 Å². The van der Waals surface area contributed by atoms with Gasteiger partial charge in [0, 0.05) is 38.1 Å². The van der Waals surface area contributed by atoms with E-state index in [-0.39, 0.29) is 19.7 Å². The van der Waals surface area contributed by atoms with Crippen LogP contribution in [0.3, 0.4) is 0 Å². The van der Waals surface area contributed by atoms with E-state index in [1.54, 1.807) is 11.0 Å². The first-order valence-corrected chi connectivity index (χ1v) is 9.41. The van der Waals surface area contributed by atoms with Crippen molar-refractivity contribution in [3.05, 3.63) is 59.4 Å². The highest BCUT2D eigenvalue weighted by Gasteiger charge is 2.36. The number of carbonyl (C=O) groups excluding carboxylic acids is 1.